The molecule has 1 unspecified atom stereocenters. The van der Waals surface area contributed by atoms with Crippen LogP contribution in [0.4, 0.5) is 0 Å². The Hall–Kier alpha value is -1.32. The molecule has 0 bridgehead atoms. The van der Waals surface area contributed by atoms with Gasteiger partial charge in [-0.1, -0.05) is 233 Å². The third-order valence-corrected chi connectivity index (χ3v) is 12.2. The summed E-state index contributed by atoms with van der Waals surface area (Å²) in [5, 5.41) is 0. The molecule has 0 aliphatic carbocycles. The quantitative estimate of drug-likeness (QED) is 0.0349. The predicted molar refractivity (Wildman–Crippen MR) is 257 cm³/mol. The molecular weight excluding hydrogens is 713 g/mol. The van der Waals surface area contributed by atoms with Gasteiger partial charge in [-0.15, -0.1) is 0 Å². The molecular formula is C54H106O4. The van der Waals surface area contributed by atoms with Gasteiger partial charge in [0.15, 0.2) is 0 Å². The van der Waals surface area contributed by atoms with Crippen molar-refractivity contribution in [1.82, 2.24) is 0 Å². The van der Waals surface area contributed by atoms with Crippen molar-refractivity contribution in [3.05, 3.63) is 12.2 Å². The predicted octanol–water partition coefficient (Wildman–Crippen LogP) is 18.6. The molecule has 0 saturated heterocycles. The number of carbonyl (C=O) groups is 2. The van der Waals surface area contributed by atoms with Gasteiger partial charge < -0.3 is 9.47 Å². The largest absolute Gasteiger partial charge is 0.466 e. The van der Waals surface area contributed by atoms with Gasteiger partial charge in [0.1, 0.15) is 0 Å². The first kappa shape index (κ1) is 58.8. The molecule has 58 heavy (non-hydrogen) atoms. The van der Waals surface area contributed by atoms with E-state index in [0.717, 1.165) is 25.7 Å². The molecule has 0 spiro atoms. The molecule has 0 fully saturated rings. The van der Waals surface area contributed by atoms with Crippen molar-refractivity contribution in [1.29, 1.82) is 0 Å². The lowest BCUT2D eigenvalue weighted by Crippen LogP contribution is -2.35. The van der Waals surface area contributed by atoms with Crippen molar-refractivity contribution in [2.75, 3.05) is 13.2 Å². The second-order valence-electron chi connectivity index (χ2n) is 18.4. The molecule has 0 rings (SSSR count). The Morgan fingerprint density at radius 2 is 0.707 bits per heavy atom. The van der Waals surface area contributed by atoms with E-state index in [4.69, 9.17) is 9.47 Å². The molecule has 4 heteroatoms. The summed E-state index contributed by atoms with van der Waals surface area (Å²) >= 11 is 0. The second kappa shape index (κ2) is 48.3. The maximum absolute atomic E-state index is 12.8. The third kappa shape index (κ3) is 42.8. The van der Waals surface area contributed by atoms with Crippen LogP contribution in [-0.4, -0.2) is 25.2 Å². The van der Waals surface area contributed by atoms with E-state index in [9.17, 15) is 9.59 Å². The number of allylic oxidation sites excluding steroid dienone is 2. The first-order chi connectivity index (χ1) is 28.3. The highest BCUT2D eigenvalue weighted by Gasteiger charge is 2.37. The summed E-state index contributed by atoms with van der Waals surface area (Å²) in [6, 6.07) is 0. The second-order valence-corrected chi connectivity index (χ2v) is 18.4. The number of hydrogen-bond acceptors (Lipinski definition) is 4. The summed E-state index contributed by atoms with van der Waals surface area (Å²) in [6.45, 7) is 16.7. The minimum Gasteiger partial charge on any atom is -0.466 e. The molecule has 0 saturated carbocycles. The van der Waals surface area contributed by atoms with Gasteiger partial charge >= 0.3 is 11.9 Å². The fraction of sp³-hybridized carbons (Fsp3) is 0.926. The molecule has 0 heterocycles. The zero-order valence-corrected chi connectivity index (χ0v) is 40.9. The highest BCUT2D eigenvalue weighted by molar-refractivity contribution is 5.76. The summed E-state index contributed by atoms with van der Waals surface area (Å²) in [7, 11) is 0. The minimum absolute atomic E-state index is 0.00979. The van der Waals surface area contributed by atoms with Crippen LogP contribution in [0.15, 0.2) is 12.2 Å². The number of unbranched alkanes of at least 4 members (excludes halogenated alkanes) is 30. The summed E-state index contributed by atoms with van der Waals surface area (Å²) in [4.78, 5) is 24.5. The van der Waals surface area contributed by atoms with Crippen LogP contribution in [-0.2, 0) is 19.1 Å². The van der Waals surface area contributed by atoms with E-state index in [-0.39, 0.29) is 17.4 Å². The van der Waals surface area contributed by atoms with Crippen molar-refractivity contribution in [3.63, 3.8) is 0 Å². The number of hydrogen-bond donors (Lipinski definition) is 0. The molecule has 0 aliphatic heterocycles. The molecule has 346 valence electrons. The molecule has 0 radical (unpaired) electrons. The summed E-state index contributed by atoms with van der Waals surface area (Å²) < 4.78 is 11.0. The van der Waals surface area contributed by atoms with Gasteiger partial charge in [-0.3, -0.25) is 9.59 Å². The number of carbonyl (C=O) groups excluding carboxylic acids is 2. The Morgan fingerprint density at radius 3 is 1.16 bits per heavy atom. The summed E-state index contributed by atoms with van der Waals surface area (Å²) in [6.07, 6.45) is 53.9. The molecule has 0 aromatic carbocycles. The highest BCUT2D eigenvalue weighted by Crippen LogP contribution is 2.36. The Bertz CT molecular complexity index is 848. The fourth-order valence-electron chi connectivity index (χ4n) is 7.91. The Kier molecular flexibility index (Phi) is 49.0. The van der Waals surface area contributed by atoms with Gasteiger partial charge in [-0.25, -0.2) is 0 Å². The van der Waals surface area contributed by atoms with Crippen molar-refractivity contribution >= 4 is 11.9 Å². The van der Waals surface area contributed by atoms with Crippen LogP contribution in [0.3, 0.4) is 0 Å². The molecule has 0 aromatic rings. The van der Waals surface area contributed by atoms with Gasteiger partial charge in [0, 0.05) is 6.42 Å². The first-order valence-electron chi connectivity index (χ1n) is 26.3. The fourth-order valence-corrected chi connectivity index (χ4v) is 7.91. The molecule has 0 aromatic heterocycles. The first-order valence-corrected chi connectivity index (χ1v) is 26.3. The van der Waals surface area contributed by atoms with E-state index < -0.39 is 0 Å². The van der Waals surface area contributed by atoms with Crippen LogP contribution < -0.4 is 0 Å². The van der Waals surface area contributed by atoms with E-state index in [2.05, 4.69) is 60.6 Å². The maximum atomic E-state index is 12.8. The number of ether oxygens (including phenoxy) is 2. The molecule has 0 aliphatic rings. The van der Waals surface area contributed by atoms with Gasteiger partial charge in [0.2, 0.25) is 0 Å². The number of esters is 2. The van der Waals surface area contributed by atoms with Gasteiger partial charge in [0.25, 0.3) is 0 Å². The Labute approximate surface area is 365 Å². The van der Waals surface area contributed by atoms with Crippen LogP contribution in [0.2, 0.25) is 0 Å². The molecule has 0 N–H and O–H groups in total. The monoisotopic (exact) mass is 819 g/mol. The molecule has 1 atom stereocenters. The third-order valence-electron chi connectivity index (χ3n) is 12.2. The number of rotatable bonds is 44. The topological polar surface area (TPSA) is 52.6 Å². The zero-order valence-electron chi connectivity index (χ0n) is 40.9. The standard InChI is InChI=1S/C28H54O2.C26H52O2/c1-3-5-7-9-11-13-14-15-16-17-18-19-20-22-24-26-28(29)30-27-25-23-21-12-10-8-6-4-2;1-6-9-12-14-15-16-17-19-22-24(21-18-11-8-3)26(4,5)25(27)28-23-20-13-10-7-2/h15-16H,3-14,17-27H2,1-2H3;24H,6-23H2,1-5H3/b16-15-;. The summed E-state index contributed by atoms with van der Waals surface area (Å²) in [5.41, 5.74) is -0.348. The lowest BCUT2D eigenvalue weighted by molar-refractivity contribution is -0.157. The van der Waals surface area contributed by atoms with E-state index in [1.807, 2.05) is 0 Å². The van der Waals surface area contributed by atoms with Crippen molar-refractivity contribution in [2.24, 2.45) is 11.3 Å². The van der Waals surface area contributed by atoms with Crippen molar-refractivity contribution < 1.29 is 19.1 Å². The van der Waals surface area contributed by atoms with Crippen molar-refractivity contribution in [3.8, 4) is 0 Å². The average molecular weight is 819 g/mol. The van der Waals surface area contributed by atoms with Gasteiger partial charge in [-0.2, -0.15) is 0 Å². The molecule has 4 nitrogen and oxygen atoms in total. The van der Waals surface area contributed by atoms with Gasteiger partial charge in [0.05, 0.1) is 18.6 Å². The van der Waals surface area contributed by atoms with Gasteiger partial charge in [-0.05, 0) is 77.6 Å². The smallest absolute Gasteiger partial charge is 0.311 e. The minimum atomic E-state index is -0.348. The van der Waals surface area contributed by atoms with Crippen LogP contribution in [0.5, 0.6) is 0 Å². The summed E-state index contributed by atoms with van der Waals surface area (Å²) in [5.74, 6) is 0.503. The van der Waals surface area contributed by atoms with Crippen molar-refractivity contribution in [2.45, 2.75) is 299 Å². The molecule has 0 amide bonds. The van der Waals surface area contributed by atoms with E-state index >= 15 is 0 Å². The van der Waals surface area contributed by atoms with E-state index in [1.165, 1.54) is 218 Å². The van der Waals surface area contributed by atoms with Crippen LogP contribution in [0.25, 0.3) is 0 Å². The normalized spacial score (nSPS) is 12.1. The van der Waals surface area contributed by atoms with Crippen LogP contribution in [0.1, 0.15) is 299 Å². The highest BCUT2D eigenvalue weighted by atomic mass is 16.5. The van der Waals surface area contributed by atoms with Crippen LogP contribution in [0, 0.1) is 11.3 Å². The van der Waals surface area contributed by atoms with Crippen LogP contribution >= 0.6 is 0 Å². The maximum Gasteiger partial charge on any atom is 0.311 e. The van der Waals surface area contributed by atoms with E-state index in [0.29, 0.717) is 25.6 Å². The Morgan fingerprint density at radius 1 is 0.397 bits per heavy atom. The lowest BCUT2D eigenvalue weighted by atomic mass is 9.73. The SMILES string of the molecule is CCCCCCCC/C=C\CCCCCCCC(=O)OCCCCCCCCCC.CCCCCCCCCCC(CCCCC)C(C)(C)C(=O)OCCCCCC. The average Bonchev–Trinajstić information content (AvgIpc) is 3.22. The zero-order chi connectivity index (χ0) is 43.1. The Balaban J connectivity index is 0. The van der Waals surface area contributed by atoms with E-state index in [1.54, 1.807) is 0 Å². The lowest BCUT2D eigenvalue weighted by Gasteiger charge is -2.32.